The third-order valence-electron chi connectivity index (χ3n) is 4.81. The lowest BCUT2D eigenvalue weighted by Crippen LogP contribution is -2.44. The van der Waals surface area contributed by atoms with Gasteiger partial charge in [-0.1, -0.05) is 13.8 Å². The van der Waals surface area contributed by atoms with Crippen molar-refractivity contribution < 1.29 is 9.53 Å². The van der Waals surface area contributed by atoms with E-state index in [0.717, 1.165) is 19.5 Å². The largest absolute Gasteiger partial charge is 0.374 e. The lowest BCUT2D eigenvalue weighted by atomic mass is 9.82. The van der Waals surface area contributed by atoms with Gasteiger partial charge in [-0.25, -0.2) is 0 Å². The molecule has 3 fully saturated rings. The van der Waals surface area contributed by atoms with E-state index >= 15 is 0 Å². The van der Waals surface area contributed by atoms with Gasteiger partial charge in [0.15, 0.2) is 0 Å². The summed E-state index contributed by atoms with van der Waals surface area (Å²) in [5.41, 5.74) is 6.01. The molecule has 19 heavy (non-hydrogen) atoms. The minimum absolute atomic E-state index is 0. The molecular weight excluding hydrogens is 264 g/mol. The van der Waals surface area contributed by atoms with E-state index in [4.69, 9.17) is 10.5 Å². The maximum atomic E-state index is 12.3. The van der Waals surface area contributed by atoms with Crippen LogP contribution in [0.5, 0.6) is 0 Å². The van der Waals surface area contributed by atoms with E-state index in [1.165, 1.54) is 12.8 Å². The summed E-state index contributed by atoms with van der Waals surface area (Å²) in [4.78, 5) is 14.3. The molecule has 5 atom stereocenters. The van der Waals surface area contributed by atoms with Crippen molar-refractivity contribution in [1.29, 1.82) is 0 Å². The summed E-state index contributed by atoms with van der Waals surface area (Å²) in [5.74, 6) is 1.79. The topological polar surface area (TPSA) is 55.6 Å². The molecule has 0 saturated carbocycles. The summed E-state index contributed by atoms with van der Waals surface area (Å²) in [6, 6.07) is -0.317. The van der Waals surface area contributed by atoms with Crippen molar-refractivity contribution >= 4 is 18.3 Å². The van der Waals surface area contributed by atoms with Crippen molar-refractivity contribution in [3.8, 4) is 0 Å². The van der Waals surface area contributed by atoms with Gasteiger partial charge in [-0.3, -0.25) is 4.79 Å². The predicted molar refractivity (Wildman–Crippen MR) is 76.1 cm³/mol. The van der Waals surface area contributed by atoms with Crippen molar-refractivity contribution in [3.63, 3.8) is 0 Å². The highest BCUT2D eigenvalue weighted by Crippen LogP contribution is 2.47. The molecule has 3 saturated heterocycles. The molecule has 0 spiro atoms. The quantitative estimate of drug-likeness (QED) is 0.854. The van der Waals surface area contributed by atoms with E-state index < -0.39 is 0 Å². The third-order valence-corrected chi connectivity index (χ3v) is 4.81. The van der Waals surface area contributed by atoms with Gasteiger partial charge in [-0.15, -0.1) is 12.4 Å². The summed E-state index contributed by atoms with van der Waals surface area (Å²) in [6.07, 6.45) is 3.99. The average molecular weight is 289 g/mol. The Morgan fingerprint density at radius 1 is 1.26 bits per heavy atom. The van der Waals surface area contributed by atoms with Crippen molar-refractivity contribution in [2.24, 2.45) is 23.5 Å². The van der Waals surface area contributed by atoms with E-state index in [0.29, 0.717) is 30.0 Å². The van der Waals surface area contributed by atoms with Crippen molar-refractivity contribution in [1.82, 2.24) is 4.90 Å². The molecule has 0 aliphatic carbocycles. The normalized spacial score (nSPS) is 37.4. The van der Waals surface area contributed by atoms with Crippen LogP contribution in [0.1, 0.15) is 33.1 Å². The fraction of sp³-hybridized carbons (Fsp3) is 0.929. The first-order chi connectivity index (χ1) is 8.56. The van der Waals surface area contributed by atoms with Gasteiger partial charge in [-0.05, 0) is 25.2 Å². The summed E-state index contributed by atoms with van der Waals surface area (Å²) >= 11 is 0. The number of ether oxygens (including phenoxy) is 1. The Hall–Kier alpha value is -0.320. The van der Waals surface area contributed by atoms with Crippen LogP contribution < -0.4 is 5.73 Å². The zero-order valence-electron chi connectivity index (χ0n) is 11.7. The fourth-order valence-corrected chi connectivity index (χ4v) is 3.98. The van der Waals surface area contributed by atoms with E-state index in [2.05, 4.69) is 13.8 Å². The molecular formula is C14H25ClN2O2. The van der Waals surface area contributed by atoms with Gasteiger partial charge < -0.3 is 15.4 Å². The van der Waals surface area contributed by atoms with Crippen molar-refractivity contribution in [2.45, 2.75) is 51.4 Å². The van der Waals surface area contributed by atoms with Gasteiger partial charge in [0.05, 0.1) is 18.2 Å². The first-order valence-corrected chi connectivity index (χ1v) is 7.26. The van der Waals surface area contributed by atoms with E-state index in [1.54, 1.807) is 0 Å². The molecule has 0 radical (unpaired) electrons. The second kappa shape index (κ2) is 5.58. The average Bonchev–Trinajstić information content (AvgIpc) is 2.98. The minimum Gasteiger partial charge on any atom is -0.374 e. The van der Waals surface area contributed by atoms with E-state index in [1.807, 2.05) is 4.90 Å². The second-order valence-corrected chi connectivity index (χ2v) is 6.60. The number of nitrogens with zero attached hydrogens (tertiary/aromatic N) is 1. The summed E-state index contributed by atoms with van der Waals surface area (Å²) in [6.45, 7) is 5.97. The molecule has 2 bridgehead atoms. The molecule has 3 rings (SSSR count). The molecule has 3 aliphatic rings. The van der Waals surface area contributed by atoms with Crippen LogP contribution in [0.2, 0.25) is 0 Å². The summed E-state index contributed by atoms with van der Waals surface area (Å²) < 4.78 is 5.92. The molecule has 1 amide bonds. The fourth-order valence-electron chi connectivity index (χ4n) is 3.98. The Bertz CT molecular complexity index is 332. The molecule has 4 nitrogen and oxygen atoms in total. The highest BCUT2D eigenvalue weighted by Gasteiger charge is 2.53. The Morgan fingerprint density at radius 3 is 2.26 bits per heavy atom. The number of fused-ring (bicyclic) bond motifs is 5. The number of carbonyl (C=O) groups is 1. The molecule has 0 aromatic carbocycles. The second-order valence-electron chi connectivity index (χ2n) is 6.60. The third kappa shape index (κ3) is 2.63. The number of nitrogens with two attached hydrogens (primary N) is 1. The number of rotatable bonds is 3. The van der Waals surface area contributed by atoms with Crippen LogP contribution in [0, 0.1) is 17.8 Å². The molecule has 4 unspecified atom stereocenters. The van der Waals surface area contributed by atoms with Crippen LogP contribution in [0.25, 0.3) is 0 Å². The highest BCUT2D eigenvalue weighted by molar-refractivity contribution is 5.85. The first kappa shape index (κ1) is 15.1. The van der Waals surface area contributed by atoms with E-state index in [-0.39, 0.29) is 24.4 Å². The van der Waals surface area contributed by atoms with Crippen LogP contribution in [0.4, 0.5) is 0 Å². The monoisotopic (exact) mass is 288 g/mol. The van der Waals surface area contributed by atoms with Crippen molar-refractivity contribution in [3.05, 3.63) is 0 Å². The zero-order valence-corrected chi connectivity index (χ0v) is 12.6. The Kier molecular flexibility index (Phi) is 4.43. The van der Waals surface area contributed by atoms with Crippen LogP contribution in [-0.2, 0) is 9.53 Å². The van der Waals surface area contributed by atoms with Gasteiger partial charge in [0.25, 0.3) is 0 Å². The molecule has 0 aromatic rings. The molecule has 3 aliphatic heterocycles. The molecule has 5 heteroatoms. The predicted octanol–water partition coefficient (Wildman–Crippen LogP) is 1.42. The SMILES string of the molecule is CC(C)C[C@H](N)C(=O)N1CC2C3CCC(O3)C2C1.Cl. The van der Waals surface area contributed by atoms with Crippen LogP contribution in [0.3, 0.4) is 0 Å². The van der Waals surface area contributed by atoms with Gasteiger partial charge in [-0.2, -0.15) is 0 Å². The number of carbonyl (C=O) groups excluding carboxylic acids is 1. The maximum Gasteiger partial charge on any atom is 0.239 e. The first-order valence-electron chi connectivity index (χ1n) is 7.26. The smallest absolute Gasteiger partial charge is 0.239 e. The summed E-state index contributed by atoms with van der Waals surface area (Å²) in [7, 11) is 0. The number of halogens is 1. The Balaban J connectivity index is 0.00000133. The zero-order chi connectivity index (χ0) is 12.9. The lowest BCUT2D eigenvalue weighted by Gasteiger charge is -2.23. The molecule has 0 aromatic heterocycles. The van der Waals surface area contributed by atoms with Crippen molar-refractivity contribution in [2.75, 3.05) is 13.1 Å². The molecule has 3 heterocycles. The molecule has 110 valence electrons. The van der Waals surface area contributed by atoms with E-state index in [9.17, 15) is 4.79 Å². The summed E-state index contributed by atoms with van der Waals surface area (Å²) in [5, 5.41) is 0. The van der Waals surface area contributed by atoms with Crippen LogP contribution in [0.15, 0.2) is 0 Å². The molecule has 2 N–H and O–H groups in total. The number of amides is 1. The lowest BCUT2D eigenvalue weighted by molar-refractivity contribution is -0.132. The van der Waals surface area contributed by atoms with Crippen LogP contribution in [-0.4, -0.2) is 42.1 Å². The number of hydrogen-bond donors (Lipinski definition) is 1. The van der Waals surface area contributed by atoms with Gasteiger partial charge in [0.1, 0.15) is 0 Å². The number of hydrogen-bond acceptors (Lipinski definition) is 3. The maximum absolute atomic E-state index is 12.3. The minimum atomic E-state index is -0.317. The Labute approximate surface area is 121 Å². The highest BCUT2D eigenvalue weighted by atomic mass is 35.5. The number of likely N-dealkylation sites (tertiary alicyclic amines) is 1. The standard InChI is InChI=1S/C14H24N2O2.ClH/c1-8(2)5-11(15)14(17)16-6-9-10(7-16)13-4-3-12(9)18-13;/h8-13H,3-7,15H2,1-2H3;1H/t9?,10?,11-,12?,13?;/m0./s1. The van der Waals surface area contributed by atoms with Crippen LogP contribution >= 0.6 is 12.4 Å². The van der Waals surface area contributed by atoms with Gasteiger partial charge in [0, 0.05) is 24.9 Å². The van der Waals surface area contributed by atoms with Gasteiger partial charge >= 0.3 is 0 Å². The Morgan fingerprint density at radius 2 is 1.79 bits per heavy atom. The van der Waals surface area contributed by atoms with Gasteiger partial charge in [0.2, 0.25) is 5.91 Å².